The highest BCUT2D eigenvalue weighted by molar-refractivity contribution is 6.18. The van der Waals surface area contributed by atoms with Crippen LogP contribution >= 0.6 is 0 Å². The summed E-state index contributed by atoms with van der Waals surface area (Å²) < 4.78 is 0. The number of anilines is 3. The minimum atomic E-state index is 1.12. The molecule has 1 heteroatoms. The summed E-state index contributed by atoms with van der Waals surface area (Å²) in [5, 5.41) is 9.91. The molecule has 0 aliphatic heterocycles. The summed E-state index contributed by atoms with van der Waals surface area (Å²) in [6, 6.07) is 68.4. The molecule has 0 saturated carbocycles. The van der Waals surface area contributed by atoms with Crippen LogP contribution in [0, 0.1) is 0 Å². The summed E-state index contributed by atoms with van der Waals surface area (Å²) in [5.74, 6) is 0. The first-order valence-electron chi connectivity index (χ1n) is 16.2. The van der Waals surface area contributed by atoms with E-state index in [-0.39, 0.29) is 0 Å². The third kappa shape index (κ3) is 4.56. The minimum absolute atomic E-state index is 1.12. The first-order chi connectivity index (χ1) is 23.3. The van der Waals surface area contributed by atoms with Gasteiger partial charge in [0.05, 0.1) is 11.4 Å². The molecule has 0 radical (unpaired) electrons. The van der Waals surface area contributed by atoms with Crippen LogP contribution in [0.3, 0.4) is 0 Å². The van der Waals surface area contributed by atoms with Crippen molar-refractivity contribution >= 4 is 60.2 Å². The average Bonchev–Trinajstić information content (AvgIpc) is 3.15. The first kappa shape index (κ1) is 27.2. The SMILES string of the molecule is c1ccc(N(c2cccc(-c3cccc4ccccc34)c2-c2cc3ccccc3c3ccccc23)c2cccc3ccccc23)cc1. The minimum Gasteiger partial charge on any atom is -0.309 e. The molecule has 1 nitrogen and oxygen atoms in total. The summed E-state index contributed by atoms with van der Waals surface area (Å²) in [6.45, 7) is 0. The lowest BCUT2D eigenvalue weighted by molar-refractivity contribution is 1.30. The maximum atomic E-state index is 2.45. The second-order valence-corrected chi connectivity index (χ2v) is 12.1. The lowest BCUT2D eigenvalue weighted by Gasteiger charge is -2.30. The Morgan fingerprint density at radius 2 is 0.787 bits per heavy atom. The number of hydrogen-bond acceptors (Lipinski definition) is 1. The lowest BCUT2D eigenvalue weighted by Crippen LogP contribution is -2.12. The Morgan fingerprint density at radius 3 is 1.57 bits per heavy atom. The molecule has 0 saturated heterocycles. The van der Waals surface area contributed by atoms with Crippen molar-refractivity contribution in [1.82, 2.24) is 0 Å². The van der Waals surface area contributed by atoms with Crippen molar-refractivity contribution in [2.75, 3.05) is 4.90 Å². The second-order valence-electron chi connectivity index (χ2n) is 12.1. The predicted molar refractivity (Wildman–Crippen MR) is 202 cm³/mol. The van der Waals surface area contributed by atoms with Gasteiger partial charge < -0.3 is 4.90 Å². The molecule has 9 aromatic rings. The van der Waals surface area contributed by atoms with Crippen molar-refractivity contribution in [3.8, 4) is 22.3 Å². The number of para-hydroxylation sites is 1. The number of hydrogen-bond donors (Lipinski definition) is 0. The van der Waals surface area contributed by atoms with Gasteiger partial charge in [-0.1, -0.05) is 158 Å². The van der Waals surface area contributed by atoms with E-state index in [1.165, 1.54) is 65.3 Å². The van der Waals surface area contributed by atoms with Gasteiger partial charge in [0.25, 0.3) is 0 Å². The third-order valence-electron chi connectivity index (χ3n) is 9.42. The second kappa shape index (κ2) is 11.3. The maximum absolute atomic E-state index is 2.45. The molecular formula is C46H31N. The van der Waals surface area contributed by atoms with Gasteiger partial charge in [-0.25, -0.2) is 0 Å². The van der Waals surface area contributed by atoms with Crippen LogP contribution in [0.4, 0.5) is 17.1 Å². The Morgan fingerprint density at radius 1 is 0.277 bits per heavy atom. The Hall–Kier alpha value is -6.18. The van der Waals surface area contributed by atoms with E-state index >= 15 is 0 Å². The van der Waals surface area contributed by atoms with E-state index in [9.17, 15) is 0 Å². The maximum Gasteiger partial charge on any atom is 0.0546 e. The van der Waals surface area contributed by atoms with Crippen LogP contribution < -0.4 is 4.90 Å². The van der Waals surface area contributed by atoms with E-state index in [4.69, 9.17) is 0 Å². The van der Waals surface area contributed by atoms with E-state index < -0.39 is 0 Å². The van der Waals surface area contributed by atoms with Crippen LogP contribution in [-0.2, 0) is 0 Å². The molecule has 0 aliphatic rings. The zero-order chi connectivity index (χ0) is 31.2. The normalized spacial score (nSPS) is 11.4. The van der Waals surface area contributed by atoms with Crippen molar-refractivity contribution < 1.29 is 0 Å². The zero-order valence-corrected chi connectivity index (χ0v) is 25.8. The standard InChI is InChI=1S/C46H31N/c1-2-20-35(21-3-1)47(44-29-13-19-33-16-5-9-24-38(33)44)45-30-14-28-42(40-27-12-18-32-15-4-7-22-36(32)40)46(45)43-31-34-17-6-8-23-37(34)39-25-10-11-26-41(39)43/h1-31H. The highest BCUT2D eigenvalue weighted by Gasteiger charge is 2.24. The summed E-state index contributed by atoms with van der Waals surface area (Å²) in [4.78, 5) is 2.45. The Balaban J connectivity index is 1.46. The molecule has 0 bridgehead atoms. The van der Waals surface area contributed by atoms with Crippen LogP contribution in [0.15, 0.2) is 188 Å². The van der Waals surface area contributed by atoms with Crippen LogP contribution in [0.2, 0.25) is 0 Å². The van der Waals surface area contributed by atoms with Gasteiger partial charge in [0.1, 0.15) is 0 Å². The fraction of sp³-hybridized carbons (Fsp3) is 0. The Kier molecular flexibility index (Phi) is 6.54. The molecule has 0 aliphatic carbocycles. The van der Waals surface area contributed by atoms with Crippen LogP contribution in [0.25, 0.3) is 65.3 Å². The number of fused-ring (bicyclic) bond motifs is 5. The monoisotopic (exact) mass is 597 g/mol. The fourth-order valence-corrected chi connectivity index (χ4v) is 7.34. The van der Waals surface area contributed by atoms with Crippen molar-refractivity contribution in [1.29, 1.82) is 0 Å². The molecular weight excluding hydrogens is 567 g/mol. The molecule has 0 heterocycles. The summed E-state index contributed by atoms with van der Waals surface area (Å²) in [7, 11) is 0. The first-order valence-corrected chi connectivity index (χ1v) is 16.2. The summed E-state index contributed by atoms with van der Waals surface area (Å²) >= 11 is 0. The third-order valence-corrected chi connectivity index (χ3v) is 9.42. The van der Waals surface area contributed by atoms with Gasteiger partial charge >= 0.3 is 0 Å². The largest absolute Gasteiger partial charge is 0.309 e. The Bertz CT molecular complexity index is 2570. The highest BCUT2D eigenvalue weighted by Crippen LogP contribution is 2.50. The molecule has 220 valence electrons. The molecule has 0 aromatic heterocycles. The lowest BCUT2D eigenvalue weighted by atomic mass is 9.86. The Labute approximate surface area is 274 Å². The van der Waals surface area contributed by atoms with E-state index in [0.717, 1.165) is 17.1 Å². The number of nitrogens with zero attached hydrogens (tertiary/aromatic N) is 1. The average molecular weight is 598 g/mol. The van der Waals surface area contributed by atoms with E-state index in [1.54, 1.807) is 0 Å². The molecule has 9 aromatic carbocycles. The zero-order valence-electron chi connectivity index (χ0n) is 25.8. The van der Waals surface area contributed by atoms with Gasteiger partial charge in [-0.3, -0.25) is 0 Å². The van der Waals surface area contributed by atoms with Gasteiger partial charge in [0.2, 0.25) is 0 Å². The van der Waals surface area contributed by atoms with Crippen molar-refractivity contribution in [3.05, 3.63) is 188 Å². The topological polar surface area (TPSA) is 3.24 Å². The molecule has 0 N–H and O–H groups in total. The molecule has 0 spiro atoms. The predicted octanol–water partition coefficient (Wildman–Crippen LogP) is 13.1. The van der Waals surface area contributed by atoms with Crippen molar-refractivity contribution in [3.63, 3.8) is 0 Å². The molecule has 9 rings (SSSR count). The van der Waals surface area contributed by atoms with Crippen LogP contribution in [0.5, 0.6) is 0 Å². The fourth-order valence-electron chi connectivity index (χ4n) is 7.34. The molecule has 0 unspecified atom stereocenters. The molecule has 47 heavy (non-hydrogen) atoms. The van der Waals surface area contributed by atoms with Crippen LogP contribution in [-0.4, -0.2) is 0 Å². The van der Waals surface area contributed by atoms with E-state index in [0.29, 0.717) is 0 Å². The molecule has 0 fully saturated rings. The van der Waals surface area contributed by atoms with E-state index in [1.807, 2.05) is 0 Å². The number of rotatable bonds is 5. The quantitative estimate of drug-likeness (QED) is 0.178. The summed E-state index contributed by atoms with van der Waals surface area (Å²) in [5.41, 5.74) is 8.27. The van der Waals surface area contributed by atoms with Crippen molar-refractivity contribution in [2.24, 2.45) is 0 Å². The van der Waals surface area contributed by atoms with Gasteiger partial charge in [0, 0.05) is 16.6 Å². The van der Waals surface area contributed by atoms with E-state index in [2.05, 4.69) is 193 Å². The van der Waals surface area contributed by atoms with Gasteiger partial charge in [-0.15, -0.1) is 0 Å². The number of benzene rings is 9. The molecule has 0 amide bonds. The van der Waals surface area contributed by atoms with Crippen LogP contribution in [0.1, 0.15) is 0 Å². The van der Waals surface area contributed by atoms with Gasteiger partial charge in [-0.05, 0) is 84.7 Å². The summed E-state index contributed by atoms with van der Waals surface area (Å²) in [6.07, 6.45) is 0. The molecule has 0 atom stereocenters. The smallest absolute Gasteiger partial charge is 0.0546 e. The highest BCUT2D eigenvalue weighted by atomic mass is 15.1. The van der Waals surface area contributed by atoms with Crippen molar-refractivity contribution in [2.45, 2.75) is 0 Å². The van der Waals surface area contributed by atoms with Gasteiger partial charge in [0.15, 0.2) is 0 Å². The van der Waals surface area contributed by atoms with Gasteiger partial charge in [-0.2, -0.15) is 0 Å².